The van der Waals surface area contributed by atoms with Gasteiger partial charge in [0.15, 0.2) is 5.84 Å². The van der Waals surface area contributed by atoms with Gasteiger partial charge in [0, 0.05) is 22.1 Å². The fourth-order valence-corrected chi connectivity index (χ4v) is 2.09. The van der Waals surface area contributed by atoms with Crippen LogP contribution in [0.3, 0.4) is 0 Å². The number of rotatable bonds is 4. The van der Waals surface area contributed by atoms with Crippen LogP contribution in [0.5, 0.6) is 0 Å². The number of hydrogen-bond donors (Lipinski definition) is 3. The quantitative estimate of drug-likeness (QED) is 0.340. The molecule has 2 rings (SSSR count). The number of nitrogens with one attached hydrogen (secondary N) is 1. The van der Waals surface area contributed by atoms with Gasteiger partial charge in [-0.1, -0.05) is 33.2 Å². The summed E-state index contributed by atoms with van der Waals surface area (Å²) >= 11 is 3.24. The van der Waals surface area contributed by atoms with Gasteiger partial charge in [-0.05, 0) is 24.3 Å². The number of amidine groups is 1. The van der Waals surface area contributed by atoms with E-state index >= 15 is 0 Å². The Hall–Kier alpha value is -2.15. The first-order chi connectivity index (χ1) is 10.0. The van der Waals surface area contributed by atoms with Gasteiger partial charge in [-0.15, -0.1) is 0 Å². The van der Waals surface area contributed by atoms with Gasteiger partial charge in [-0.3, -0.25) is 0 Å². The van der Waals surface area contributed by atoms with Gasteiger partial charge in [0.05, 0.1) is 5.69 Å². The highest BCUT2D eigenvalue weighted by Crippen LogP contribution is 2.21. The third kappa shape index (κ3) is 3.69. The van der Waals surface area contributed by atoms with Crippen LogP contribution in [0.2, 0.25) is 0 Å². The summed E-state index contributed by atoms with van der Waals surface area (Å²) in [5, 5.41) is 14.2. The van der Waals surface area contributed by atoms with Crippen molar-refractivity contribution in [2.45, 2.75) is 6.54 Å². The highest BCUT2D eigenvalue weighted by molar-refractivity contribution is 9.10. The largest absolute Gasteiger partial charge is 0.409 e. The molecule has 0 aliphatic heterocycles. The van der Waals surface area contributed by atoms with Gasteiger partial charge in [0.25, 0.3) is 0 Å². The molecular formula is C14H12BrF2N3O. The minimum atomic E-state index is -0.526. The van der Waals surface area contributed by atoms with E-state index in [2.05, 4.69) is 26.4 Å². The minimum absolute atomic E-state index is 0.107. The molecule has 0 spiro atoms. The molecule has 4 nitrogen and oxygen atoms in total. The number of benzene rings is 2. The Bertz CT molecular complexity index is 692. The highest BCUT2D eigenvalue weighted by atomic mass is 79.9. The van der Waals surface area contributed by atoms with E-state index in [1.54, 1.807) is 12.1 Å². The monoisotopic (exact) mass is 355 g/mol. The number of anilines is 1. The first-order valence-electron chi connectivity index (χ1n) is 5.96. The lowest BCUT2D eigenvalue weighted by molar-refractivity contribution is 0.318. The molecule has 0 aliphatic rings. The molecule has 0 bridgehead atoms. The van der Waals surface area contributed by atoms with E-state index in [1.807, 2.05) is 0 Å². The summed E-state index contributed by atoms with van der Waals surface area (Å²) < 4.78 is 28.2. The van der Waals surface area contributed by atoms with Crippen LogP contribution in [0.4, 0.5) is 14.5 Å². The van der Waals surface area contributed by atoms with Crippen molar-refractivity contribution < 1.29 is 14.0 Å². The van der Waals surface area contributed by atoms with Crippen molar-refractivity contribution in [1.29, 1.82) is 0 Å². The molecule has 0 radical (unpaired) electrons. The molecule has 4 N–H and O–H groups in total. The molecule has 0 aromatic heterocycles. The lowest BCUT2D eigenvalue weighted by Crippen LogP contribution is -2.14. The van der Waals surface area contributed by atoms with E-state index in [4.69, 9.17) is 10.9 Å². The fourth-order valence-electron chi connectivity index (χ4n) is 1.73. The van der Waals surface area contributed by atoms with Gasteiger partial charge >= 0.3 is 0 Å². The standard InChI is InChI=1S/C14H12BrF2N3O/c15-10-3-4-11(16)13(6-10)19-7-9-2-1-8(5-12(9)17)14(18)20-21/h1-6,19,21H,7H2,(H2,18,20). The SMILES string of the molecule is NC(=NO)c1ccc(CNc2cc(Br)ccc2F)c(F)c1. The number of halogens is 3. The average molecular weight is 356 g/mol. The van der Waals surface area contributed by atoms with Gasteiger partial charge < -0.3 is 16.3 Å². The molecule has 21 heavy (non-hydrogen) atoms. The van der Waals surface area contributed by atoms with Crippen molar-refractivity contribution in [1.82, 2.24) is 0 Å². The molecule has 110 valence electrons. The van der Waals surface area contributed by atoms with E-state index in [1.165, 1.54) is 18.2 Å². The summed E-state index contributed by atoms with van der Waals surface area (Å²) in [6, 6.07) is 8.62. The second-order valence-electron chi connectivity index (χ2n) is 4.27. The Morgan fingerprint density at radius 1 is 1.19 bits per heavy atom. The molecule has 0 heterocycles. The van der Waals surface area contributed by atoms with Crippen LogP contribution in [-0.2, 0) is 6.54 Å². The zero-order valence-corrected chi connectivity index (χ0v) is 12.4. The summed E-state index contributed by atoms with van der Waals surface area (Å²) in [6.45, 7) is 0.107. The molecule has 0 atom stereocenters. The topological polar surface area (TPSA) is 70.6 Å². The van der Waals surface area contributed by atoms with Gasteiger partial charge in [0.2, 0.25) is 0 Å². The molecule has 0 saturated heterocycles. The predicted octanol–water partition coefficient (Wildman–Crippen LogP) is 3.43. The molecule has 2 aromatic rings. The summed E-state index contributed by atoms with van der Waals surface area (Å²) in [5.74, 6) is -1.12. The molecule has 2 aromatic carbocycles. The fraction of sp³-hybridized carbons (Fsp3) is 0.0714. The zero-order valence-electron chi connectivity index (χ0n) is 10.8. The Morgan fingerprint density at radius 2 is 1.95 bits per heavy atom. The van der Waals surface area contributed by atoms with E-state index in [0.29, 0.717) is 10.0 Å². The first kappa shape index (κ1) is 15.2. The van der Waals surface area contributed by atoms with Crippen LogP contribution in [-0.4, -0.2) is 11.0 Å². The van der Waals surface area contributed by atoms with Crippen LogP contribution in [0.25, 0.3) is 0 Å². The maximum Gasteiger partial charge on any atom is 0.170 e. The summed E-state index contributed by atoms with van der Waals surface area (Å²) in [5.41, 5.74) is 6.25. The second kappa shape index (κ2) is 6.53. The molecular weight excluding hydrogens is 344 g/mol. The Morgan fingerprint density at radius 3 is 2.62 bits per heavy atom. The molecule has 0 fully saturated rings. The van der Waals surface area contributed by atoms with E-state index in [9.17, 15) is 8.78 Å². The molecule has 0 amide bonds. The minimum Gasteiger partial charge on any atom is -0.409 e. The van der Waals surface area contributed by atoms with E-state index in [-0.39, 0.29) is 23.6 Å². The van der Waals surface area contributed by atoms with Crippen molar-refractivity contribution in [3.63, 3.8) is 0 Å². The normalized spacial score (nSPS) is 11.5. The van der Waals surface area contributed by atoms with E-state index < -0.39 is 11.6 Å². The maximum absolute atomic E-state index is 13.9. The highest BCUT2D eigenvalue weighted by Gasteiger charge is 2.08. The summed E-state index contributed by atoms with van der Waals surface area (Å²) in [7, 11) is 0. The van der Waals surface area contributed by atoms with Crippen molar-refractivity contribution in [2.24, 2.45) is 10.9 Å². The predicted molar refractivity (Wildman–Crippen MR) is 80.3 cm³/mol. The van der Waals surface area contributed by atoms with Crippen molar-refractivity contribution >= 4 is 27.5 Å². The molecule has 7 heteroatoms. The van der Waals surface area contributed by atoms with Gasteiger partial charge in [0.1, 0.15) is 11.6 Å². The van der Waals surface area contributed by atoms with Crippen LogP contribution in [0.1, 0.15) is 11.1 Å². The van der Waals surface area contributed by atoms with Crippen molar-refractivity contribution in [2.75, 3.05) is 5.32 Å². The Kier molecular flexibility index (Phi) is 4.74. The van der Waals surface area contributed by atoms with E-state index in [0.717, 1.165) is 6.07 Å². The van der Waals surface area contributed by atoms with Crippen molar-refractivity contribution in [3.8, 4) is 0 Å². The molecule has 0 aliphatic carbocycles. The van der Waals surface area contributed by atoms with Crippen LogP contribution in [0.15, 0.2) is 46.0 Å². The van der Waals surface area contributed by atoms with Crippen LogP contribution >= 0.6 is 15.9 Å². The Balaban J connectivity index is 2.15. The van der Waals surface area contributed by atoms with Gasteiger partial charge in [-0.25, -0.2) is 8.78 Å². The maximum atomic E-state index is 13.9. The smallest absolute Gasteiger partial charge is 0.170 e. The Labute approximate surface area is 128 Å². The zero-order chi connectivity index (χ0) is 15.4. The molecule has 0 saturated carbocycles. The average Bonchev–Trinajstić information content (AvgIpc) is 2.48. The third-order valence-electron chi connectivity index (χ3n) is 2.85. The number of oxime groups is 1. The summed E-state index contributed by atoms with van der Waals surface area (Å²) in [6.07, 6.45) is 0. The van der Waals surface area contributed by atoms with Crippen molar-refractivity contribution in [3.05, 3.63) is 63.6 Å². The summed E-state index contributed by atoms with van der Waals surface area (Å²) in [4.78, 5) is 0. The lowest BCUT2D eigenvalue weighted by Gasteiger charge is -2.10. The number of hydrogen-bond acceptors (Lipinski definition) is 3. The number of nitrogens with two attached hydrogens (primary N) is 1. The number of nitrogens with zero attached hydrogens (tertiary/aromatic N) is 1. The van der Waals surface area contributed by atoms with Gasteiger partial charge in [-0.2, -0.15) is 0 Å². The third-order valence-corrected chi connectivity index (χ3v) is 3.35. The first-order valence-corrected chi connectivity index (χ1v) is 6.76. The van der Waals surface area contributed by atoms with Crippen LogP contribution in [0, 0.1) is 11.6 Å². The second-order valence-corrected chi connectivity index (χ2v) is 5.18. The molecule has 0 unspecified atom stereocenters. The van der Waals surface area contributed by atoms with Crippen LogP contribution < -0.4 is 11.1 Å². The lowest BCUT2D eigenvalue weighted by atomic mass is 10.1.